The highest BCUT2D eigenvalue weighted by Crippen LogP contribution is 1.82. The van der Waals surface area contributed by atoms with E-state index in [1.165, 1.54) is 0 Å². The third-order valence-corrected chi connectivity index (χ3v) is 2.55. The summed E-state index contributed by atoms with van der Waals surface area (Å²) in [6.07, 6.45) is 2.13. The van der Waals surface area contributed by atoms with E-state index in [-0.39, 0.29) is 12.3 Å². The molecule has 0 aromatic heterocycles. The maximum atomic E-state index is 10.5. The summed E-state index contributed by atoms with van der Waals surface area (Å²) in [5.74, 6) is -0.109. The molecule has 7 heteroatoms. The smallest absolute Gasteiger partial charge is 0.210 e. The number of primary sulfonamides is 1. The van der Waals surface area contributed by atoms with Gasteiger partial charge in [-0.05, 0) is 18.6 Å². The maximum Gasteiger partial charge on any atom is 0.210 e. The van der Waals surface area contributed by atoms with Crippen molar-refractivity contribution in [3.8, 4) is 0 Å². The molecule has 0 radical (unpaired) electrons. The van der Waals surface area contributed by atoms with Crippen LogP contribution in [0.4, 0.5) is 0 Å². The van der Waals surface area contributed by atoms with Crippen LogP contribution in [-0.2, 0) is 10.0 Å². The van der Waals surface area contributed by atoms with Gasteiger partial charge in [-0.3, -0.25) is 0 Å². The summed E-state index contributed by atoms with van der Waals surface area (Å²) in [5.41, 5.74) is 0. The molecule has 0 aliphatic carbocycles. The molecule has 0 amide bonds. The van der Waals surface area contributed by atoms with E-state index in [1.54, 1.807) is 0 Å². The van der Waals surface area contributed by atoms with Gasteiger partial charge in [0.05, 0.1) is 5.75 Å². The molecule has 0 saturated carbocycles. The van der Waals surface area contributed by atoms with Gasteiger partial charge >= 0.3 is 0 Å². The number of hydrogen-bond donors (Lipinski definition) is 3. The monoisotopic (exact) mass is 239 g/mol. The minimum atomic E-state index is -3.39. The summed E-state index contributed by atoms with van der Waals surface area (Å²) in [5, 5.41) is 11.0. The van der Waals surface area contributed by atoms with Crippen molar-refractivity contribution in [1.29, 1.82) is 0 Å². The molecule has 84 valence electrons. The van der Waals surface area contributed by atoms with Crippen LogP contribution in [0.2, 0.25) is 0 Å². The second-order valence-corrected chi connectivity index (χ2v) is 5.05. The lowest BCUT2D eigenvalue weighted by molar-refractivity contribution is 0.596. The summed E-state index contributed by atoms with van der Waals surface area (Å²) in [6.45, 7) is 3.13. The fraction of sp³-hybridized carbons (Fsp3) is 0.857. The molecule has 0 spiro atoms. The molecule has 0 bridgehead atoms. The molecule has 0 atom stereocenters. The Kier molecular flexibility index (Phi) is 6.77. The predicted molar refractivity (Wildman–Crippen MR) is 61.5 cm³/mol. The Hall–Kier alpha value is -0.400. The molecule has 0 heterocycles. The average Bonchev–Trinajstić information content (AvgIpc) is 2.02. The first-order chi connectivity index (χ1) is 6.45. The highest BCUT2D eigenvalue weighted by atomic mass is 32.2. The number of nitrogens with two attached hydrogens (primary N) is 1. The van der Waals surface area contributed by atoms with Crippen molar-refractivity contribution in [3.63, 3.8) is 0 Å². The Morgan fingerprint density at radius 3 is 2.43 bits per heavy atom. The summed E-state index contributed by atoms with van der Waals surface area (Å²) < 4.78 is 21.1. The largest absolute Gasteiger partial charge is 0.363 e. The Morgan fingerprint density at radius 1 is 1.36 bits per heavy atom. The van der Waals surface area contributed by atoms with E-state index in [0.29, 0.717) is 5.11 Å². The normalized spacial score (nSPS) is 11.0. The van der Waals surface area contributed by atoms with Gasteiger partial charge in [-0.15, -0.1) is 0 Å². The third-order valence-electron chi connectivity index (χ3n) is 1.49. The zero-order valence-electron chi connectivity index (χ0n) is 8.25. The molecule has 4 N–H and O–H groups in total. The second-order valence-electron chi connectivity index (χ2n) is 2.90. The minimum absolute atomic E-state index is 0.109. The number of hydrogen-bond acceptors (Lipinski definition) is 3. The summed E-state index contributed by atoms with van der Waals surface area (Å²) in [6, 6.07) is 0. The van der Waals surface area contributed by atoms with Crippen molar-refractivity contribution in [3.05, 3.63) is 0 Å². The zero-order chi connectivity index (χ0) is 11.0. The Labute approximate surface area is 90.5 Å². The number of unbranched alkanes of at least 4 members (excludes halogenated alkanes) is 1. The van der Waals surface area contributed by atoms with Gasteiger partial charge in [-0.2, -0.15) is 0 Å². The predicted octanol–water partition coefficient (Wildman–Crippen LogP) is -0.461. The van der Waals surface area contributed by atoms with E-state index >= 15 is 0 Å². The van der Waals surface area contributed by atoms with Gasteiger partial charge in [0, 0.05) is 13.1 Å². The SMILES string of the molecule is CCCCNC(=S)NCCS(N)(=O)=O. The van der Waals surface area contributed by atoms with Crippen LogP contribution in [-0.4, -0.2) is 32.4 Å². The molecule has 0 aromatic carbocycles. The summed E-state index contributed by atoms with van der Waals surface area (Å²) in [7, 11) is -3.39. The fourth-order valence-electron chi connectivity index (χ4n) is 0.748. The molecular formula is C7H17N3O2S2. The van der Waals surface area contributed by atoms with E-state index in [4.69, 9.17) is 17.4 Å². The molecule has 0 rings (SSSR count). The van der Waals surface area contributed by atoms with E-state index in [0.717, 1.165) is 19.4 Å². The van der Waals surface area contributed by atoms with Crippen LogP contribution >= 0.6 is 12.2 Å². The van der Waals surface area contributed by atoms with Gasteiger partial charge in [0.25, 0.3) is 0 Å². The molecule has 0 aliphatic rings. The number of thiocarbonyl (C=S) groups is 1. The Balaban J connectivity index is 3.45. The zero-order valence-corrected chi connectivity index (χ0v) is 9.88. The van der Waals surface area contributed by atoms with Crippen LogP contribution in [0.1, 0.15) is 19.8 Å². The highest BCUT2D eigenvalue weighted by Gasteiger charge is 2.01. The maximum absolute atomic E-state index is 10.5. The van der Waals surface area contributed by atoms with Gasteiger partial charge < -0.3 is 10.6 Å². The van der Waals surface area contributed by atoms with Crippen LogP contribution < -0.4 is 15.8 Å². The Morgan fingerprint density at radius 2 is 1.93 bits per heavy atom. The number of sulfonamides is 1. The first kappa shape index (κ1) is 13.6. The first-order valence-corrected chi connectivity index (χ1v) is 6.60. The minimum Gasteiger partial charge on any atom is -0.363 e. The molecule has 0 fully saturated rings. The molecule has 0 saturated heterocycles. The molecule has 0 aromatic rings. The van der Waals surface area contributed by atoms with Crippen LogP contribution in [0.25, 0.3) is 0 Å². The third kappa shape index (κ3) is 9.69. The van der Waals surface area contributed by atoms with Crippen molar-refractivity contribution in [2.45, 2.75) is 19.8 Å². The van der Waals surface area contributed by atoms with Gasteiger partial charge in [0.2, 0.25) is 10.0 Å². The highest BCUT2D eigenvalue weighted by molar-refractivity contribution is 7.89. The quantitative estimate of drug-likeness (QED) is 0.431. The fourth-order valence-corrected chi connectivity index (χ4v) is 1.34. The van der Waals surface area contributed by atoms with Gasteiger partial charge in [-0.1, -0.05) is 13.3 Å². The van der Waals surface area contributed by atoms with Crippen LogP contribution in [0.5, 0.6) is 0 Å². The van der Waals surface area contributed by atoms with Gasteiger partial charge in [0.1, 0.15) is 0 Å². The van der Waals surface area contributed by atoms with Crippen LogP contribution in [0.3, 0.4) is 0 Å². The van der Waals surface area contributed by atoms with E-state index in [2.05, 4.69) is 17.6 Å². The van der Waals surface area contributed by atoms with E-state index in [9.17, 15) is 8.42 Å². The van der Waals surface area contributed by atoms with Crippen molar-refractivity contribution < 1.29 is 8.42 Å². The number of nitrogens with one attached hydrogen (secondary N) is 2. The summed E-state index contributed by atoms with van der Waals surface area (Å²) in [4.78, 5) is 0. The first-order valence-electron chi connectivity index (χ1n) is 4.48. The average molecular weight is 239 g/mol. The topological polar surface area (TPSA) is 84.2 Å². The van der Waals surface area contributed by atoms with Crippen LogP contribution in [0, 0.1) is 0 Å². The van der Waals surface area contributed by atoms with Crippen molar-refractivity contribution in [1.82, 2.24) is 10.6 Å². The molecule has 0 aliphatic heterocycles. The van der Waals surface area contributed by atoms with Crippen molar-refractivity contribution in [2.75, 3.05) is 18.8 Å². The van der Waals surface area contributed by atoms with Crippen LogP contribution in [0.15, 0.2) is 0 Å². The molecular weight excluding hydrogens is 222 g/mol. The molecule has 5 nitrogen and oxygen atoms in total. The van der Waals surface area contributed by atoms with E-state index < -0.39 is 10.0 Å². The number of rotatable bonds is 6. The van der Waals surface area contributed by atoms with Crippen molar-refractivity contribution >= 4 is 27.4 Å². The van der Waals surface area contributed by atoms with E-state index in [1.807, 2.05) is 0 Å². The second kappa shape index (κ2) is 6.97. The summed E-state index contributed by atoms with van der Waals surface area (Å²) >= 11 is 4.90. The standard InChI is InChI=1S/C7H17N3O2S2/c1-2-3-4-9-7(13)10-5-6-14(8,11)12/h2-6H2,1H3,(H2,8,11,12)(H2,9,10,13). The van der Waals surface area contributed by atoms with Crippen molar-refractivity contribution in [2.24, 2.45) is 5.14 Å². The van der Waals surface area contributed by atoms with Gasteiger partial charge in [0.15, 0.2) is 5.11 Å². The Bertz CT molecular complexity index is 264. The molecule has 0 unspecified atom stereocenters. The lowest BCUT2D eigenvalue weighted by Crippen LogP contribution is -2.39. The lowest BCUT2D eigenvalue weighted by atomic mass is 10.3. The lowest BCUT2D eigenvalue weighted by Gasteiger charge is -2.08. The molecule has 14 heavy (non-hydrogen) atoms. The van der Waals surface area contributed by atoms with Gasteiger partial charge in [-0.25, -0.2) is 13.6 Å².